The number of ketones is 1. The largest absolute Gasteiger partial charge is 0.352 e. The van der Waals surface area contributed by atoms with E-state index in [9.17, 15) is 10.1 Å². The van der Waals surface area contributed by atoms with Crippen LogP contribution in [0.15, 0.2) is 52.7 Å². The van der Waals surface area contributed by atoms with Gasteiger partial charge in [-0.05, 0) is 36.0 Å². The average molecular weight is 429 g/mol. The van der Waals surface area contributed by atoms with Gasteiger partial charge in [-0.2, -0.15) is 5.26 Å². The summed E-state index contributed by atoms with van der Waals surface area (Å²) in [6, 6.07) is 10.2. The Kier molecular flexibility index (Phi) is 4.94. The monoisotopic (exact) mass is 428 g/mol. The summed E-state index contributed by atoms with van der Waals surface area (Å²) in [6.45, 7) is 8.00. The lowest BCUT2D eigenvalue weighted by atomic mass is 9.60. The van der Waals surface area contributed by atoms with E-state index < -0.39 is 5.41 Å². The van der Waals surface area contributed by atoms with Crippen molar-refractivity contribution in [1.82, 2.24) is 5.32 Å². The zero-order valence-electron chi connectivity index (χ0n) is 14.9. The molecule has 0 radical (unpaired) electrons. The van der Waals surface area contributed by atoms with Gasteiger partial charge in [-0.15, -0.1) is 6.58 Å². The summed E-state index contributed by atoms with van der Waals surface area (Å²) in [5.74, 6) is -0.284. The molecule has 0 spiro atoms. The Balaban J connectivity index is 2.27. The Labute approximate surface area is 168 Å². The summed E-state index contributed by atoms with van der Waals surface area (Å²) < 4.78 is 0.953. The number of nitrogens with zero attached hydrogens (tertiary/aromatic N) is 1. The van der Waals surface area contributed by atoms with Crippen LogP contribution in [0.2, 0.25) is 0 Å². The molecular formula is C21H21BrN2OS. The fraction of sp³-hybridized carbons (Fsp3) is 0.381. The Morgan fingerprint density at radius 3 is 2.62 bits per heavy atom. The van der Waals surface area contributed by atoms with Crippen molar-refractivity contribution in [3.8, 4) is 6.07 Å². The number of hydrogen-bond acceptors (Lipinski definition) is 3. The second kappa shape index (κ2) is 6.75. The molecule has 1 aromatic rings. The van der Waals surface area contributed by atoms with Gasteiger partial charge >= 0.3 is 0 Å². The third-order valence-electron chi connectivity index (χ3n) is 5.24. The molecule has 26 heavy (non-hydrogen) atoms. The van der Waals surface area contributed by atoms with Gasteiger partial charge in [-0.25, -0.2) is 0 Å². The number of allylic oxidation sites excluding steroid dienone is 3. The number of hydrogen-bond donors (Lipinski definition) is 1. The highest BCUT2D eigenvalue weighted by Crippen LogP contribution is 2.52. The highest BCUT2D eigenvalue weighted by Gasteiger charge is 2.52. The average Bonchev–Trinajstić information content (AvgIpc) is 2.56. The molecule has 0 saturated carbocycles. The molecule has 2 aliphatic rings. The van der Waals surface area contributed by atoms with E-state index in [1.54, 1.807) is 6.08 Å². The zero-order chi connectivity index (χ0) is 19.1. The van der Waals surface area contributed by atoms with Crippen LogP contribution in [0.3, 0.4) is 0 Å². The van der Waals surface area contributed by atoms with Crippen molar-refractivity contribution in [3.05, 3.63) is 58.2 Å². The van der Waals surface area contributed by atoms with Crippen LogP contribution in [0.25, 0.3) is 0 Å². The Bertz CT molecular complexity index is 863. The molecule has 3 rings (SSSR count). The first-order chi connectivity index (χ1) is 12.2. The summed E-state index contributed by atoms with van der Waals surface area (Å²) in [5.41, 5.74) is 1.40. The van der Waals surface area contributed by atoms with Crippen molar-refractivity contribution in [2.24, 2.45) is 10.8 Å². The number of halogens is 1. The summed E-state index contributed by atoms with van der Waals surface area (Å²) in [4.78, 5) is 13.6. The highest BCUT2D eigenvalue weighted by molar-refractivity contribution is 9.10. The summed E-state index contributed by atoms with van der Waals surface area (Å²) in [7, 11) is 0. The number of carbonyl (C=O) groups is 1. The van der Waals surface area contributed by atoms with E-state index in [1.807, 2.05) is 24.3 Å². The van der Waals surface area contributed by atoms with Crippen molar-refractivity contribution >= 4 is 38.9 Å². The number of Topliss-reactive ketones (excluding diaryl/α,β-unsaturated/α-hetero) is 1. The number of nitrogens with one attached hydrogen (secondary N) is 1. The van der Waals surface area contributed by atoms with Crippen molar-refractivity contribution in [3.63, 3.8) is 0 Å². The molecular weight excluding hydrogens is 408 g/mol. The molecule has 0 saturated heterocycles. The van der Waals surface area contributed by atoms with E-state index in [-0.39, 0.29) is 17.1 Å². The molecule has 0 bridgehead atoms. The Morgan fingerprint density at radius 1 is 1.38 bits per heavy atom. The molecule has 1 aliphatic heterocycles. The van der Waals surface area contributed by atoms with Gasteiger partial charge in [-0.1, -0.05) is 60.2 Å². The van der Waals surface area contributed by atoms with Gasteiger partial charge in [0.2, 0.25) is 0 Å². The molecule has 5 heteroatoms. The first kappa shape index (κ1) is 19.0. The molecule has 0 unspecified atom stereocenters. The van der Waals surface area contributed by atoms with Crippen LogP contribution in [0.5, 0.6) is 0 Å². The van der Waals surface area contributed by atoms with Gasteiger partial charge in [-0.3, -0.25) is 4.79 Å². The minimum absolute atomic E-state index is 0.0999. The minimum Gasteiger partial charge on any atom is -0.352 e. The molecule has 0 amide bonds. The highest BCUT2D eigenvalue weighted by atomic mass is 79.9. The second-order valence-electron chi connectivity index (χ2n) is 7.85. The van der Waals surface area contributed by atoms with Crippen molar-refractivity contribution in [1.29, 1.82) is 5.26 Å². The first-order valence-electron chi connectivity index (χ1n) is 8.59. The maximum Gasteiger partial charge on any atom is 0.161 e. The zero-order valence-corrected chi connectivity index (χ0v) is 17.3. The maximum atomic E-state index is 13.1. The second-order valence-corrected chi connectivity index (χ2v) is 9.17. The number of benzene rings is 1. The lowest BCUT2D eigenvalue weighted by Crippen LogP contribution is -2.51. The van der Waals surface area contributed by atoms with Gasteiger partial charge in [0.05, 0.1) is 6.07 Å². The fourth-order valence-electron chi connectivity index (χ4n) is 4.11. The van der Waals surface area contributed by atoms with Crippen LogP contribution >= 0.6 is 28.1 Å². The summed E-state index contributed by atoms with van der Waals surface area (Å²) >= 11 is 9.11. The van der Waals surface area contributed by atoms with Crippen LogP contribution in [-0.4, -0.2) is 10.8 Å². The van der Waals surface area contributed by atoms with Crippen molar-refractivity contribution in [2.45, 2.75) is 39.0 Å². The maximum absolute atomic E-state index is 13.1. The normalized spacial score (nSPS) is 27.4. The summed E-state index contributed by atoms with van der Waals surface area (Å²) in [5, 5.41) is 13.4. The lowest BCUT2D eigenvalue weighted by molar-refractivity contribution is -0.118. The van der Waals surface area contributed by atoms with Crippen molar-refractivity contribution in [2.75, 3.05) is 0 Å². The van der Waals surface area contributed by atoms with E-state index in [0.29, 0.717) is 23.4 Å². The molecule has 134 valence electrons. The van der Waals surface area contributed by atoms with Crippen molar-refractivity contribution < 1.29 is 4.79 Å². The number of thiocarbonyl (C=S) groups is 1. The van der Waals surface area contributed by atoms with E-state index >= 15 is 0 Å². The predicted molar refractivity (Wildman–Crippen MR) is 111 cm³/mol. The van der Waals surface area contributed by atoms with Gasteiger partial charge in [0, 0.05) is 28.1 Å². The lowest BCUT2D eigenvalue weighted by Gasteiger charge is -2.46. The van der Waals surface area contributed by atoms with E-state index in [2.05, 4.69) is 47.7 Å². The van der Waals surface area contributed by atoms with Gasteiger partial charge in [0.25, 0.3) is 0 Å². The van der Waals surface area contributed by atoms with Gasteiger partial charge in [0.1, 0.15) is 10.4 Å². The minimum atomic E-state index is -0.999. The van der Waals surface area contributed by atoms with Crippen LogP contribution in [0.1, 0.15) is 44.6 Å². The fourth-order valence-corrected chi connectivity index (χ4v) is 4.75. The van der Waals surface area contributed by atoms with E-state index in [1.165, 1.54) is 0 Å². The molecule has 2 atom stereocenters. The molecule has 0 fully saturated rings. The molecule has 1 heterocycles. The molecule has 0 aromatic heterocycles. The van der Waals surface area contributed by atoms with Gasteiger partial charge in [0.15, 0.2) is 5.78 Å². The predicted octanol–water partition coefficient (Wildman–Crippen LogP) is 5.19. The van der Waals surface area contributed by atoms with E-state index in [4.69, 9.17) is 12.2 Å². The number of carbonyl (C=O) groups excluding carboxylic acids is 1. The Hall–Kier alpha value is -1.77. The van der Waals surface area contributed by atoms with Crippen LogP contribution in [0, 0.1) is 22.2 Å². The number of rotatable bonds is 3. The third-order valence-corrected chi connectivity index (χ3v) is 6.24. The topological polar surface area (TPSA) is 52.9 Å². The standard InChI is InChI=1S/C21H21BrN2OS/c1-4-9-21(12-23)18(13-5-7-14(22)8-6-13)17-15(24-19(21)26)10-20(2,3)11-16(17)25/h4-8,18H,1,9-11H2,2-3H3,(H,24,26)/t18-,21-/m1/s1. The quantitative estimate of drug-likeness (QED) is 0.531. The SMILES string of the molecule is C=CC[C@]1(C#N)C(=S)NC2=C(C(=O)CC(C)(C)C2)[C@H]1c1ccc(Br)cc1. The van der Waals surface area contributed by atoms with Gasteiger partial charge < -0.3 is 5.32 Å². The molecule has 1 aromatic carbocycles. The first-order valence-corrected chi connectivity index (χ1v) is 9.79. The molecule has 1 aliphatic carbocycles. The third kappa shape index (κ3) is 3.06. The van der Waals surface area contributed by atoms with Crippen LogP contribution in [0.4, 0.5) is 0 Å². The van der Waals surface area contributed by atoms with Crippen LogP contribution in [-0.2, 0) is 4.79 Å². The number of nitriles is 1. The Morgan fingerprint density at radius 2 is 2.04 bits per heavy atom. The smallest absolute Gasteiger partial charge is 0.161 e. The van der Waals surface area contributed by atoms with E-state index in [0.717, 1.165) is 22.2 Å². The molecule has 1 N–H and O–H groups in total. The summed E-state index contributed by atoms with van der Waals surface area (Å²) in [6.07, 6.45) is 3.33. The van der Waals surface area contributed by atoms with Crippen LogP contribution < -0.4 is 5.32 Å². The molecule has 3 nitrogen and oxygen atoms in total.